The van der Waals surface area contributed by atoms with Gasteiger partial charge in [0, 0.05) is 45.9 Å². The Balaban J connectivity index is 2.00. The average molecular weight is 585 g/mol. The Morgan fingerprint density at radius 2 is 1.44 bits per heavy atom. The van der Waals surface area contributed by atoms with E-state index in [0.717, 1.165) is 51.6 Å². The van der Waals surface area contributed by atoms with Crippen LogP contribution in [0.25, 0.3) is 0 Å². The number of hydrogen-bond acceptors (Lipinski definition) is 7. The van der Waals surface area contributed by atoms with Gasteiger partial charge in [-0.2, -0.15) is 0 Å². The SMILES string of the molecule is CCCCCC(CCCCC)CCCOCOCCCCCCCCN1C[C@@H](OC(=O)CCN(C)C)C[C@H]1COC. The zero-order valence-corrected chi connectivity index (χ0v) is 27.8. The minimum Gasteiger partial charge on any atom is -0.461 e. The summed E-state index contributed by atoms with van der Waals surface area (Å²) in [5.74, 6) is 0.802. The first kappa shape index (κ1) is 38.3. The van der Waals surface area contributed by atoms with E-state index < -0.39 is 0 Å². The summed E-state index contributed by atoms with van der Waals surface area (Å²) in [5, 5.41) is 0. The Kier molecular flexibility index (Phi) is 25.1. The van der Waals surface area contributed by atoms with Gasteiger partial charge in [-0.3, -0.25) is 9.69 Å². The zero-order valence-electron chi connectivity index (χ0n) is 27.8. The molecule has 1 rings (SSSR count). The monoisotopic (exact) mass is 585 g/mol. The number of unbranched alkanes of at least 4 members (excludes halogenated alkanes) is 9. The Morgan fingerprint density at radius 3 is 2.07 bits per heavy atom. The highest BCUT2D eigenvalue weighted by Crippen LogP contribution is 2.23. The van der Waals surface area contributed by atoms with Gasteiger partial charge < -0.3 is 23.8 Å². The Labute approximate surface area is 254 Å². The number of likely N-dealkylation sites (tertiary alicyclic amines) is 1. The van der Waals surface area contributed by atoms with Crippen molar-refractivity contribution < 1.29 is 23.7 Å². The minimum atomic E-state index is -0.0864. The van der Waals surface area contributed by atoms with Crippen LogP contribution < -0.4 is 0 Å². The molecule has 0 unspecified atom stereocenters. The molecule has 1 fully saturated rings. The topological polar surface area (TPSA) is 60.5 Å². The molecule has 244 valence electrons. The van der Waals surface area contributed by atoms with Gasteiger partial charge in [-0.1, -0.05) is 90.9 Å². The molecule has 0 radical (unpaired) electrons. The molecule has 1 aliphatic rings. The van der Waals surface area contributed by atoms with Crippen molar-refractivity contribution >= 4 is 5.97 Å². The van der Waals surface area contributed by atoms with E-state index in [2.05, 4.69) is 18.7 Å². The maximum absolute atomic E-state index is 12.1. The van der Waals surface area contributed by atoms with Gasteiger partial charge in [0.2, 0.25) is 0 Å². The number of nitrogens with zero attached hydrogens (tertiary/aromatic N) is 2. The maximum atomic E-state index is 12.1. The van der Waals surface area contributed by atoms with Crippen LogP contribution in [0.1, 0.15) is 129 Å². The molecule has 7 nitrogen and oxygen atoms in total. The van der Waals surface area contributed by atoms with Gasteiger partial charge in [-0.05, 0) is 52.2 Å². The number of carbonyl (C=O) groups excluding carboxylic acids is 1. The quantitative estimate of drug-likeness (QED) is 0.0514. The van der Waals surface area contributed by atoms with E-state index in [0.29, 0.717) is 25.9 Å². The number of methoxy groups -OCH3 is 1. The molecular formula is C34H68N2O5. The molecule has 0 saturated carbocycles. The van der Waals surface area contributed by atoms with Crippen molar-refractivity contribution in [2.45, 2.75) is 142 Å². The van der Waals surface area contributed by atoms with Crippen LogP contribution in [-0.2, 0) is 23.7 Å². The van der Waals surface area contributed by atoms with E-state index in [9.17, 15) is 4.79 Å². The van der Waals surface area contributed by atoms with Crippen molar-refractivity contribution in [1.82, 2.24) is 9.80 Å². The van der Waals surface area contributed by atoms with E-state index in [1.807, 2.05) is 19.0 Å². The average Bonchev–Trinajstić information content (AvgIpc) is 3.32. The molecule has 0 aromatic heterocycles. The van der Waals surface area contributed by atoms with Gasteiger partial charge in [-0.25, -0.2) is 0 Å². The first-order chi connectivity index (χ1) is 20.0. The van der Waals surface area contributed by atoms with Gasteiger partial charge in [0.1, 0.15) is 12.9 Å². The molecule has 1 aliphatic heterocycles. The van der Waals surface area contributed by atoms with Crippen LogP contribution in [0.5, 0.6) is 0 Å². The highest BCUT2D eigenvalue weighted by molar-refractivity contribution is 5.69. The third-order valence-electron chi connectivity index (χ3n) is 8.39. The van der Waals surface area contributed by atoms with Crippen LogP contribution in [-0.4, -0.2) is 95.4 Å². The lowest BCUT2D eigenvalue weighted by atomic mass is 9.91. The second kappa shape index (κ2) is 26.9. The van der Waals surface area contributed by atoms with Crippen LogP contribution in [0.3, 0.4) is 0 Å². The minimum absolute atomic E-state index is 0.00296. The second-order valence-electron chi connectivity index (χ2n) is 12.6. The molecule has 0 aromatic rings. The van der Waals surface area contributed by atoms with Gasteiger partial charge in [0.15, 0.2) is 0 Å². The van der Waals surface area contributed by atoms with Crippen LogP contribution in [0.2, 0.25) is 0 Å². The van der Waals surface area contributed by atoms with Crippen molar-refractivity contribution in [1.29, 1.82) is 0 Å². The highest BCUT2D eigenvalue weighted by Gasteiger charge is 2.33. The normalized spacial score (nSPS) is 17.7. The van der Waals surface area contributed by atoms with Crippen molar-refractivity contribution in [3.05, 3.63) is 0 Å². The predicted molar refractivity (Wildman–Crippen MR) is 170 cm³/mol. The molecule has 0 spiro atoms. The Morgan fingerprint density at radius 1 is 0.829 bits per heavy atom. The first-order valence-corrected chi connectivity index (χ1v) is 17.2. The first-order valence-electron chi connectivity index (χ1n) is 17.2. The largest absolute Gasteiger partial charge is 0.461 e. The third-order valence-corrected chi connectivity index (χ3v) is 8.39. The summed E-state index contributed by atoms with van der Waals surface area (Å²) in [6.45, 7) is 9.99. The lowest BCUT2D eigenvalue weighted by Gasteiger charge is -2.23. The molecule has 7 heteroatoms. The smallest absolute Gasteiger partial charge is 0.307 e. The molecule has 0 bridgehead atoms. The van der Waals surface area contributed by atoms with Gasteiger partial charge >= 0.3 is 5.97 Å². The second-order valence-corrected chi connectivity index (χ2v) is 12.6. The van der Waals surface area contributed by atoms with E-state index in [1.54, 1.807) is 7.11 Å². The van der Waals surface area contributed by atoms with E-state index in [4.69, 9.17) is 18.9 Å². The van der Waals surface area contributed by atoms with E-state index >= 15 is 0 Å². The van der Waals surface area contributed by atoms with E-state index in [1.165, 1.54) is 96.3 Å². The number of hydrogen-bond donors (Lipinski definition) is 0. The molecule has 0 N–H and O–H groups in total. The van der Waals surface area contributed by atoms with Crippen molar-refractivity contribution in [3.63, 3.8) is 0 Å². The maximum Gasteiger partial charge on any atom is 0.307 e. The molecule has 2 atom stereocenters. The van der Waals surface area contributed by atoms with Gasteiger partial charge in [0.25, 0.3) is 0 Å². The summed E-state index contributed by atoms with van der Waals surface area (Å²) in [6, 6.07) is 0.351. The van der Waals surface area contributed by atoms with Crippen LogP contribution in [0.4, 0.5) is 0 Å². The third kappa shape index (κ3) is 21.6. The predicted octanol–water partition coefficient (Wildman–Crippen LogP) is 7.46. The molecule has 0 amide bonds. The van der Waals surface area contributed by atoms with Gasteiger partial charge in [0.05, 0.1) is 13.0 Å². The summed E-state index contributed by atoms with van der Waals surface area (Å²) in [7, 11) is 5.71. The standard InChI is InChI=1S/C34H68N2O5/c1-6-8-14-19-31(20-15-9-7-2)21-18-26-40-30-39-25-17-13-11-10-12-16-23-36-28-33(27-32(36)29-38-5)41-34(37)22-24-35(3)4/h31-33H,6-30H2,1-5H3/t32-,33-/m0/s1. The molecule has 41 heavy (non-hydrogen) atoms. The summed E-state index contributed by atoms with van der Waals surface area (Å²) in [6.07, 6.45) is 22.0. The van der Waals surface area contributed by atoms with Crippen molar-refractivity contribution in [3.8, 4) is 0 Å². The van der Waals surface area contributed by atoms with Crippen molar-refractivity contribution in [2.24, 2.45) is 5.92 Å². The molecular weight excluding hydrogens is 516 g/mol. The molecule has 1 saturated heterocycles. The molecule has 0 aliphatic carbocycles. The fraction of sp³-hybridized carbons (Fsp3) is 0.971. The van der Waals surface area contributed by atoms with Crippen molar-refractivity contribution in [2.75, 3.05) is 67.5 Å². The number of esters is 1. The lowest BCUT2D eigenvalue weighted by molar-refractivity contribution is -0.148. The number of ether oxygens (including phenoxy) is 4. The number of carbonyl (C=O) groups is 1. The van der Waals surface area contributed by atoms with Gasteiger partial charge in [-0.15, -0.1) is 0 Å². The summed E-state index contributed by atoms with van der Waals surface area (Å²) >= 11 is 0. The zero-order chi connectivity index (χ0) is 30.0. The molecule has 0 aromatic carbocycles. The fourth-order valence-electron chi connectivity index (χ4n) is 5.90. The van der Waals surface area contributed by atoms with E-state index in [-0.39, 0.29) is 12.1 Å². The summed E-state index contributed by atoms with van der Waals surface area (Å²) in [5.41, 5.74) is 0. The summed E-state index contributed by atoms with van der Waals surface area (Å²) < 4.78 is 22.7. The fourth-order valence-corrected chi connectivity index (χ4v) is 5.90. The highest BCUT2D eigenvalue weighted by atomic mass is 16.7. The Hall–Kier alpha value is -0.730. The molecule has 1 heterocycles. The lowest BCUT2D eigenvalue weighted by Crippen LogP contribution is -2.34. The summed E-state index contributed by atoms with van der Waals surface area (Å²) in [4.78, 5) is 16.6. The van der Waals surface area contributed by atoms with Crippen LogP contribution in [0, 0.1) is 5.92 Å². The van der Waals surface area contributed by atoms with Crippen LogP contribution in [0.15, 0.2) is 0 Å². The number of rotatable bonds is 29. The Bertz CT molecular complexity index is 581. The van der Waals surface area contributed by atoms with Crippen LogP contribution >= 0.6 is 0 Å².